The van der Waals surface area contributed by atoms with Gasteiger partial charge >= 0.3 is 0 Å². The fourth-order valence-corrected chi connectivity index (χ4v) is 3.58. The van der Waals surface area contributed by atoms with Crippen molar-refractivity contribution in [1.29, 1.82) is 0 Å². The first-order valence-corrected chi connectivity index (χ1v) is 7.83. The molecule has 0 bridgehead atoms. The zero-order chi connectivity index (χ0) is 13.8. The highest BCUT2D eigenvalue weighted by Gasteiger charge is 2.12. The third-order valence-electron chi connectivity index (χ3n) is 3.29. The lowest BCUT2D eigenvalue weighted by molar-refractivity contribution is 0.596. The van der Waals surface area contributed by atoms with Gasteiger partial charge in [0, 0.05) is 27.2 Å². The van der Waals surface area contributed by atoms with Crippen molar-refractivity contribution in [3.05, 3.63) is 56.2 Å². The summed E-state index contributed by atoms with van der Waals surface area (Å²) in [6, 6.07) is 11.1. The van der Waals surface area contributed by atoms with Crippen LogP contribution in [0.15, 0.2) is 30.3 Å². The molecule has 0 saturated carbocycles. The number of benzene rings is 1. The van der Waals surface area contributed by atoms with Gasteiger partial charge in [0.25, 0.3) is 0 Å². The number of hydrogen-bond donors (Lipinski definition) is 1. The normalized spacial score (nSPS) is 12.6. The van der Waals surface area contributed by atoms with Gasteiger partial charge in [-0.05, 0) is 55.8 Å². The lowest BCUT2D eigenvalue weighted by Gasteiger charge is -2.17. The molecule has 1 aromatic carbocycles. The van der Waals surface area contributed by atoms with Crippen molar-refractivity contribution >= 4 is 22.9 Å². The molecule has 0 aliphatic carbocycles. The van der Waals surface area contributed by atoms with Crippen LogP contribution < -0.4 is 5.32 Å². The summed E-state index contributed by atoms with van der Waals surface area (Å²) in [5.41, 5.74) is 2.47. The van der Waals surface area contributed by atoms with Crippen molar-refractivity contribution in [1.82, 2.24) is 5.32 Å². The number of aryl methyl sites for hydroxylation is 2. The molecule has 0 aliphatic heterocycles. The van der Waals surface area contributed by atoms with E-state index in [-0.39, 0.29) is 0 Å². The molecule has 1 heterocycles. The Balaban J connectivity index is 2.19. The Hall–Kier alpha value is -0.830. The minimum Gasteiger partial charge on any atom is -0.313 e. The number of thiophene rings is 1. The Labute approximate surface area is 124 Å². The summed E-state index contributed by atoms with van der Waals surface area (Å²) in [6.07, 6.45) is 2.13. The summed E-state index contributed by atoms with van der Waals surface area (Å²) in [7, 11) is 2.01. The Kier molecular flexibility index (Phi) is 5.03. The number of nitrogens with one attached hydrogen (secondary N) is 1. The highest BCUT2D eigenvalue weighted by molar-refractivity contribution is 7.11. The van der Waals surface area contributed by atoms with Gasteiger partial charge in [0.15, 0.2) is 0 Å². The number of hydrogen-bond acceptors (Lipinski definition) is 2. The van der Waals surface area contributed by atoms with E-state index in [1.807, 2.05) is 24.5 Å². The van der Waals surface area contributed by atoms with Crippen LogP contribution >= 0.6 is 22.9 Å². The molecule has 1 nitrogen and oxygen atoms in total. The van der Waals surface area contributed by atoms with Gasteiger partial charge in [0.1, 0.15) is 0 Å². The SMILES string of the molecule is CCc1ccc(CC(NC)c2cc(C)cc(Cl)c2)s1. The van der Waals surface area contributed by atoms with Gasteiger partial charge in [-0.15, -0.1) is 11.3 Å². The van der Waals surface area contributed by atoms with Crippen molar-refractivity contribution in [2.75, 3.05) is 7.05 Å². The van der Waals surface area contributed by atoms with E-state index < -0.39 is 0 Å². The molecule has 1 unspecified atom stereocenters. The Bertz CT molecular complexity index is 527. The molecule has 1 aromatic heterocycles. The van der Waals surface area contributed by atoms with Crippen LogP contribution in [0, 0.1) is 6.92 Å². The molecule has 0 saturated heterocycles. The average Bonchev–Trinajstić information content (AvgIpc) is 2.82. The second kappa shape index (κ2) is 6.56. The van der Waals surface area contributed by atoms with Gasteiger partial charge in [-0.3, -0.25) is 0 Å². The van der Waals surface area contributed by atoms with E-state index in [2.05, 4.69) is 43.4 Å². The van der Waals surface area contributed by atoms with E-state index in [0.29, 0.717) is 6.04 Å². The summed E-state index contributed by atoms with van der Waals surface area (Å²) in [5.74, 6) is 0. The quantitative estimate of drug-likeness (QED) is 0.837. The minimum atomic E-state index is 0.320. The molecule has 1 N–H and O–H groups in total. The lowest BCUT2D eigenvalue weighted by atomic mass is 10.0. The summed E-state index contributed by atoms with van der Waals surface area (Å²) in [6.45, 7) is 4.29. The predicted molar refractivity (Wildman–Crippen MR) is 85.4 cm³/mol. The first-order chi connectivity index (χ1) is 9.12. The van der Waals surface area contributed by atoms with Crippen molar-refractivity contribution in [2.24, 2.45) is 0 Å². The zero-order valence-electron chi connectivity index (χ0n) is 11.7. The summed E-state index contributed by atoms with van der Waals surface area (Å²) < 4.78 is 0. The van der Waals surface area contributed by atoms with Crippen molar-refractivity contribution in [3.8, 4) is 0 Å². The van der Waals surface area contributed by atoms with Crippen LogP contribution in [0.3, 0.4) is 0 Å². The molecular formula is C16H20ClNS. The van der Waals surface area contributed by atoms with E-state index in [1.54, 1.807) is 0 Å². The average molecular weight is 294 g/mol. The van der Waals surface area contributed by atoms with Gasteiger partial charge in [-0.1, -0.05) is 24.6 Å². The van der Waals surface area contributed by atoms with Gasteiger partial charge in [-0.2, -0.15) is 0 Å². The smallest absolute Gasteiger partial charge is 0.0411 e. The molecule has 19 heavy (non-hydrogen) atoms. The van der Waals surface area contributed by atoms with E-state index in [1.165, 1.54) is 20.9 Å². The van der Waals surface area contributed by atoms with E-state index in [4.69, 9.17) is 11.6 Å². The van der Waals surface area contributed by atoms with Crippen LogP contribution in [0.2, 0.25) is 5.02 Å². The van der Waals surface area contributed by atoms with Crippen LogP contribution in [0.5, 0.6) is 0 Å². The molecule has 0 amide bonds. The Morgan fingerprint density at radius 3 is 2.53 bits per heavy atom. The third-order valence-corrected chi connectivity index (χ3v) is 4.76. The van der Waals surface area contributed by atoms with Crippen molar-refractivity contribution in [2.45, 2.75) is 32.7 Å². The number of likely N-dealkylation sites (N-methyl/N-ethyl adjacent to an activating group) is 1. The van der Waals surface area contributed by atoms with Crippen LogP contribution in [-0.4, -0.2) is 7.05 Å². The van der Waals surface area contributed by atoms with E-state index >= 15 is 0 Å². The van der Waals surface area contributed by atoms with E-state index in [0.717, 1.165) is 17.9 Å². The molecule has 3 heteroatoms. The Morgan fingerprint density at radius 2 is 1.95 bits per heavy atom. The van der Waals surface area contributed by atoms with Crippen molar-refractivity contribution in [3.63, 3.8) is 0 Å². The number of rotatable bonds is 5. The molecule has 0 fully saturated rings. The fraction of sp³-hybridized carbons (Fsp3) is 0.375. The molecule has 2 rings (SSSR count). The Morgan fingerprint density at radius 1 is 1.21 bits per heavy atom. The van der Waals surface area contributed by atoms with Crippen LogP contribution in [0.25, 0.3) is 0 Å². The summed E-state index contributed by atoms with van der Waals surface area (Å²) in [4.78, 5) is 2.88. The maximum Gasteiger partial charge on any atom is 0.0411 e. The number of halogens is 1. The molecule has 1 atom stereocenters. The molecular weight excluding hydrogens is 274 g/mol. The van der Waals surface area contributed by atoms with Crippen LogP contribution in [0.4, 0.5) is 0 Å². The molecule has 0 radical (unpaired) electrons. The summed E-state index contributed by atoms with van der Waals surface area (Å²) >= 11 is 8.06. The third kappa shape index (κ3) is 3.82. The highest BCUT2D eigenvalue weighted by Crippen LogP contribution is 2.26. The highest BCUT2D eigenvalue weighted by atomic mass is 35.5. The second-order valence-electron chi connectivity index (χ2n) is 4.83. The predicted octanol–water partition coefficient (Wildman–Crippen LogP) is 4.78. The zero-order valence-corrected chi connectivity index (χ0v) is 13.2. The van der Waals surface area contributed by atoms with Gasteiger partial charge < -0.3 is 5.32 Å². The monoisotopic (exact) mass is 293 g/mol. The second-order valence-corrected chi connectivity index (χ2v) is 6.52. The minimum absolute atomic E-state index is 0.320. The molecule has 2 aromatic rings. The molecule has 0 aliphatic rings. The van der Waals surface area contributed by atoms with Gasteiger partial charge in [-0.25, -0.2) is 0 Å². The topological polar surface area (TPSA) is 12.0 Å². The van der Waals surface area contributed by atoms with Crippen LogP contribution in [-0.2, 0) is 12.8 Å². The lowest BCUT2D eigenvalue weighted by Crippen LogP contribution is -2.18. The maximum absolute atomic E-state index is 6.16. The van der Waals surface area contributed by atoms with Gasteiger partial charge in [0.2, 0.25) is 0 Å². The van der Waals surface area contributed by atoms with Crippen LogP contribution in [0.1, 0.15) is 33.8 Å². The fourth-order valence-electron chi connectivity index (χ4n) is 2.28. The van der Waals surface area contributed by atoms with E-state index in [9.17, 15) is 0 Å². The first kappa shape index (κ1) is 14.6. The largest absolute Gasteiger partial charge is 0.313 e. The van der Waals surface area contributed by atoms with Crippen molar-refractivity contribution < 1.29 is 0 Å². The summed E-state index contributed by atoms with van der Waals surface area (Å²) in [5, 5.41) is 4.21. The standard InChI is InChI=1S/C16H20ClNS/c1-4-14-5-6-15(19-14)10-16(18-3)12-7-11(2)8-13(17)9-12/h5-9,16,18H,4,10H2,1-3H3. The molecule has 0 spiro atoms. The first-order valence-electron chi connectivity index (χ1n) is 6.64. The molecule has 102 valence electrons. The van der Waals surface area contributed by atoms with Gasteiger partial charge in [0.05, 0.1) is 0 Å². The maximum atomic E-state index is 6.16.